The van der Waals surface area contributed by atoms with Crippen LogP contribution in [-0.2, 0) is 16.9 Å². The molecule has 0 atom stereocenters. The van der Waals surface area contributed by atoms with Gasteiger partial charge >= 0.3 is 5.97 Å². The topological polar surface area (TPSA) is 82.5 Å². The van der Waals surface area contributed by atoms with E-state index in [9.17, 15) is 9.18 Å². The molecule has 4 rings (SSSR count). The van der Waals surface area contributed by atoms with Crippen molar-refractivity contribution in [1.29, 1.82) is 0 Å². The van der Waals surface area contributed by atoms with Crippen molar-refractivity contribution in [3.8, 4) is 0 Å². The molecule has 0 unspecified atom stereocenters. The van der Waals surface area contributed by atoms with Crippen molar-refractivity contribution in [2.75, 3.05) is 7.11 Å². The number of ether oxygens (including phenoxy) is 1. The number of pyridine rings is 1. The lowest BCUT2D eigenvalue weighted by Crippen LogP contribution is -2.03. The summed E-state index contributed by atoms with van der Waals surface area (Å²) in [5.74, 6) is 0.166. The van der Waals surface area contributed by atoms with E-state index < -0.39 is 5.97 Å². The Morgan fingerprint density at radius 3 is 3.00 bits per heavy atom. The van der Waals surface area contributed by atoms with E-state index in [1.165, 1.54) is 31.0 Å². The predicted molar refractivity (Wildman–Crippen MR) is 99.6 cm³/mol. The minimum atomic E-state index is -0.436. The monoisotopic (exact) mass is 398 g/mol. The summed E-state index contributed by atoms with van der Waals surface area (Å²) in [5.41, 5.74) is 2.45. The van der Waals surface area contributed by atoms with E-state index in [0.29, 0.717) is 34.5 Å². The fourth-order valence-corrected chi connectivity index (χ4v) is 3.39. The summed E-state index contributed by atoms with van der Waals surface area (Å²) in [5, 5.41) is 8.40. The maximum absolute atomic E-state index is 13.3. The van der Waals surface area contributed by atoms with Crippen LogP contribution in [0.2, 0.25) is 0 Å². The van der Waals surface area contributed by atoms with Crippen molar-refractivity contribution < 1.29 is 18.3 Å². The van der Waals surface area contributed by atoms with Gasteiger partial charge in [0.15, 0.2) is 5.65 Å². The third-order valence-corrected chi connectivity index (χ3v) is 4.83. The number of aromatic nitrogens is 4. The van der Waals surface area contributed by atoms with E-state index in [0.717, 1.165) is 11.3 Å². The number of benzene rings is 1. The average molecular weight is 398 g/mol. The van der Waals surface area contributed by atoms with Gasteiger partial charge in [0.2, 0.25) is 5.89 Å². The van der Waals surface area contributed by atoms with Gasteiger partial charge < -0.3 is 13.6 Å². The molecule has 0 saturated heterocycles. The number of methoxy groups -OCH3 is 1. The first-order chi connectivity index (χ1) is 13.6. The lowest BCUT2D eigenvalue weighted by atomic mass is 10.1. The molecule has 1 aromatic carbocycles. The zero-order valence-electron chi connectivity index (χ0n) is 14.8. The highest BCUT2D eigenvalue weighted by Gasteiger charge is 2.14. The Labute approximate surface area is 163 Å². The maximum atomic E-state index is 13.3. The molecule has 142 valence electrons. The van der Waals surface area contributed by atoms with Crippen LogP contribution in [-0.4, -0.2) is 32.7 Å². The van der Waals surface area contributed by atoms with Crippen molar-refractivity contribution in [1.82, 2.24) is 19.6 Å². The largest absolute Gasteiger partial charge is 0.465 e. The first kappa shape index (κ1) is 18.2. The molecule has 4 aromatic rings. The fraction of sp³-hybridized carbons (Fsp3) is 0.158. The maximum Gasteiger partial charge on any atom is 0.341 e. The Morgan fingerprint density at radius 1 is 1.29 bits per heavy atom. The second-order valence-electron chi connectivity index (χ2n) is 5.93. The number of hydrogen-bond acceptors (Lipinski definition) is 7. The van der Waals surface area contributed by atoms with Crippen molar-refractivity contribution in [2.24, 2.45) is 0 Å². The number of thioether (sulfide) groups is 1. The first-order valence-corrected chi connectivity index (χ1v) is 9.35. The zero-order chi connectivity index (χ0) is 19.5. The first-order valence-electron chi connectivity index (χ1n) is 8.37. The van der Waals surface area contributed by atoms with Gasteiger partial charge in [0, 0.05) is 18.1 Å². The molecule has 0 radical (unpaired) electrons. The average Bonchev–Trinajstić information content (AvgIpc) is 3.31. The summed E-state index contributed by atoms with van der Waals surface area (Å²) in [6.45, 7) is 0. The molecular formula is C19H15FN4O3S. The van der Waals surface area contributed by atoms with Crippen LogP contribution >= 0.6 is 11.8 Å². The summed E-state index contributed by atoms with van der Waals surface area (Å²) in [4.78, 5) is 16.3. The van der Waals surface area contributed by atoms with E-state index in [2.05, 4.69) is 15.2 Å². The summed E-state index contributed by atoms with van der Waals surface area (Å²) in [7, 11) is 1.34. The molecular weight excluding hydrogens is 383 g/mol. The van der Waals surface area contributed by atoms with Gasteiger partial charge in [-0.15, -0.1) is 10.2 Å². The van der Waals surface area contributed by atoms with E-state index >= 15 is 0 Å². The Bertz CT molecular complexity index is 1140. The standard InChI is InChI=1S/C19H15FN4O3S/c1-26-18(25)15-6-3-7-24-10-14(21-17(15)24)11-28-19-23-22-16(27-19)9-12-4-2-5-13(20)8-12/h2-8,10H,9,11H2,1H3. The van der Waals surface area contributed by atoms with Gasteiger partial charge in [0.1, 0.15) is 11.4 Å². The number of fused-ring (bicyclic) bond motifs is 1. The molecule has 0 aliphatic rings. The van der Waals surface area contributed by atoms with Crippen LogP contribution in [0.15, 0.2) is 58.4 Å². The van der Waals surface area contributed by atoms with Crippen LogP contribution in [0.5, 0.6) is 0 Å². The highest BCUT2D eigenvalue weighted by Crippen LogP contribution is 2.23. The molecule has 3 aromatic heterocycles. The van der Waals surface area contributed by atoms with Crippen LogP contribution in [0, 0.1) is 5.82 Å². The number of esters is 1. The molecule has 7 nitrogen and oxygen atoms in total. The summed E-state index contributed by atoms with van der Waals surface area (Å²) in [6.07, 6.45) is 4.01. The molecule has 3 heterocycles. The molecule has 0 amide bonds. The molecule has 0 saturated carbocycles. The minimum Gasteiger partial charge on any atom is -0.465 e. The zero-order valence-corrected chi connectivity index (χ0v) is 15.6. The molecule has 0 fully saturated rings. The van der Waals surface area contributed by atoms with Gasteiger partial charge in [0.25, 0.3) is 5.22 Å². The van der Waals surface area contributed by atoms with E-state index in [1.54, 1.807) is 28.7 Å². The lowest BCUT2D eigenvalue weighted by molar-refractivity contribution is 0.0602. The summed E-state index contributed by atoms with van der Waals surface area (Å²) in [6, 6.07) is 9.69. The number of carbonyl (C=O) groups excluding carboxylic acids is 1. The molecule has 0 bridgehead atoms. The van der Waals surface area contributed by atoms with Crippen LogP contribution in [0.1, 0.15) is 27.5 Å². The van der Waals surface area contributed by atoms with Gasteiger partial charge in [-0.2, -0.15) is 0 Å². The van der Waals surface area contributed by atoms with Gasteiger partial charge in [0.05, 0.1) is 19.2 Å². The van der Waals surface area contributed by atoms with E-state index in [1.807, 2.05) is 12.4 Å². The number of rotatable bonds is 6. The molecule has 0 aliphatic heterocycles. The second-order valence-corrected chi connectivity index (χ2v) is 6.86. The molecule has 0 N–H and O–H groups in total. The van der Waals surface area contributed by atoms with Gasteiger partial charge in [-0.1, -0.05) is 23.9 Å². The lowest BCUT2D eigenvalue weighted by Gasteiger charge is -2.00. The van der Waals surface area contributed by atoms with E-state index in [4.69, 9.17) is 9.15 Å². The number of nitrogens with zero attached hydrogens (tertiary/aromatic N) is 4. The van der Waals surface area contributed by atoms with Gasteiger partial charge in [-0.3, -0.25) is 0 Å². The van der Waals surface area contributed by atoms with Crippen LogP contribution in [0.3, 0.4) is 0 Å². The Balaban J connectivity index is 1.45. The highest BCUT2D eigenvalue weighted by molar-refractivity contribution is 7.98. The van der Waals surface area contributed by atoms with Crippen molar-refractivity contribution in [3.05, 3.63) is 77.3 Å². The quantitative estimate of drug-likeness (QED) is 0.363. The van der Waals surface area contributed by atoms with Crippen molar-refractivity contribution in [2.45, 2.75) is 17.4 Å². The fourth-order valence-electron chi connectivity index (χ4n) is 2.73. The molecule has 28 heavy (non-hydrogen) atoms. The highest BCUT2D eigenvalue weighted by atomic mass is 32.2. The van der Waals surface area contributed by atoms with Gasteiger partial charge in [-0.05, 0) is 29.8 Å². The SMILES string of the molecule is COC(=O)c1cccn2cc(CSc3nnc(Cc4cccc(F)c4)o3)nc12. The minimum absolute atomic E-state index is 0.301. The molecule has 0 aliphatic carbocycles. The normalized spacial score (nSPS) is 11.1. The van der Waals surface area contributed by atoms with Gasteiger partial charge in [-0.25, -0.2) is 14.2 Å². The number of halogens is 1. The third kappa shape index (κ3) is 3.89. The number of carbonyl (C=O) groups is 1. The summed E-state index contributed by atoms with van der Waals surface area (Å²) >= 11 is 1.34. The van der Waals surface area contributed by atoms with Crippen molar-refractivity contribution >= 4 is 23.4 Å². The smallest absolute Gasteiger partial charge is 0.341 e. The molecule has 0 spiro atoms. The summed E-state index contributed by atoms with van der Waals surface area (Å²) < 4.78 is 25.4. The Kier molecular flexibility index (Phi) is 5.07. The van der Waals surface area contributed by atoms with Crippen LogP contribution in [0.25, 0.3) is 5.65 Å². The predicted octanol–water partition coefficient (Wildman–Crippen LogP) is 3.53. The number of hydrogen-bond donors (Lipinski definition) is 0. The molecule has 9 heteroatoms. The second kappa shape index (κ2) is 7.81. The van der Waals surface area contributed by atoms with Crippen LogP contribution < -0.4 is 0 Å². The van der Waals surface area contributed by atoms with Crippen LogP contribution in [0.4, 0.5) is 4.39 Å². The Hall–Kier alpha value is -3.20. The number of imidazole rings is 1. The van der Waals surface area contributed by atoms with E-state index in [-0.39, 0.29) is 5.82 Å². The van der Waals surface area contributed by atoms with Crippen molar-refractivity contribution in [3.63, 3.8) is 0 Å². The Morgan fingerprint density at radius 2 is 2.18 bits per heavy atom. The third-order valence-electron chi connectivity index (χ3n) is 3.97.